The number of carboxylic acid groups (broad SMARTS) is 1. The minimum absolute atomic E-state index is 0. The number of rotatable bonds is 2. The van der Waals surface area contributed by atoms with Crippen molar-refractivity contribution in [3.63, 3.8) is 0 Å². The number of aliphatic carboxylic acids is 1. The molecule has 3 nitrogen and oxygen atoms in total. The third-order valence-electron chi connectivity index (χ3n) is 6.36. The van der Waals surface area contributed by atoms with E-state index in [1.54, 1.807) is 0 Å². The molecule has 6 rings (SSSR count). The lowest BCUT2D eigenvalue weighted by Gasteiger charge is -3.08. The molecule has 0 aromatic heterocycles. The van der Waals surface area contributed by atoms with Crippen molar-refractivity contribution in [1.82, 2.24) is 0 Å². The van der Waals surface area contributed by atoms with Crippen molar-refractivity contribution in [3.05, 3.63) is 0 Å². The highest BCUT2D eigenvalue weighted by Crippen LogP contribution is 3.06. The minimum Gasteiger partial charge on any atom is -0.480 e. The number of carbonyl (C=O) groups is 1. The second kappa shape index (κ2) is 1.63. The van der Waals surface area contributed by atoms with Crippen LogP contribution in [-0.2, 0) is 4.79 Å². The number of hydrogen-bond donors (Lipinski definition) is 2. The molecule has 0 bridgehead atoms. The van der Waals surface area contributed by atoms with E-state index in [0.717, 1.165) is 41.4 Å². The van der Waals surface area contributed by atoms with Gasteiger partial charge in [-0.1, -0.05) is 0 Å². The molecule has 0 spiro atoms. The van der Waals surface area contributed by atoms with Crippen molar-refractivity contribution in [2.45, 2.75) is 6.04 Å². The summed E-state index contributed by atoms with van der Waals surface area (Å²) in [6, 6.07) is -0.544. The van der Waals surface area contributed by atoms with Crippen LogP contribution in [0.5, 0.6) is 0 Å². The number of hydrogen-bond acceptors (Lipinski definition) is 2. The zero-order valence-electron chi connectivity index (χ0n) is 7.46. The van der Waals surface area contributed by atoms with Crippen LogP contribution in [0.15, 0.2) is 0 Å². The SMILES string of the molecule is Cl.N[C@@H](C(=O)O)C12C3C4C5C3C1C5C42. The van der Waals surface area contributed by atoms with Crippen LogP contribution >= 0.6 is 12.4 Å². The van der Waals surface area contributed by atoms with Crippen LogP contribution in [0.25, 0.3) is 0 Å². The molecule has 6 aliphatic carbocycles. The van der Waals surface area contributed by atoms with Crippen LogP contribution in [-0.4, -0.2) is 17.1 Å². The topological polar surface area (TPSA) is 63.3 Å². The lowest BCUT2D eigenvalue weighted by Crippen LogP contribution is -3.07. The number of halogens is 1. The summed E-state index contributed by atoms with van der Waals surface area (Å²) < 4.78 is 0. The highest BCUT2D eigenvalue weighted by atomic mass is 35.5. The largest absolute Gasteiger partial charge is 0.480 e. The first-order valence-corrected chi connectivity index (χ1v) is 5.20. The molecule has 76 valence electrons. The summed E-state index contributed by atoms with van der Waals surface area (Å²) >= 11 is 0. The zero-order valence-corrected chi connectivity index (χ0v) is 8.28. The van der Waals surface area contributed by atoms with Gasteiger partial charge in [0.25, 0.3) is 0 Å². The van der Waals surface area contributed by atoms with Gasteiger partial charge < -0.3 is 10.8 Å². The van der Waals surface area contributed by atoms with Gasteiger partial charge in [0.05, 0.1) is 0 Å². The molecule has 0 saturated heterocycles. The van der Waals surface area contributed by atoms with Gasteiger partial charge in [0, 0.05) is 5.41 Å². The normalized spacial score (nSPS) is 73.4. The van der Waals surface area contributed by atoms with Gasteiger partial charge in [-0.2, -0.15) is 0 Å². The Hall–Kier alpha value is -0.280. The maximum atomic E-state index is 10.9. The molecule has 3 N–H and O–H groups in total. The Balaban J connectivity index is 0.000000578. The van der Waals surface area contributed by atoms with E-state index >= 15 is 0 Å². The van der Waals surface area contributed by atoms with Crippen LogP contribution in [0.3, 0.4) is 0 Å². The molecular weight excluding hydrogens is 202 g/mol. The summed E-state index contributed by atoms with van der Waals surface area (Å²) in [5.74, 6) is 5.34. The Kier molecular flexibility index (Phi) is 0.926. The second-order valence-corrected chi connectivity index (χ2v) is 5.70. The number of carboxylic acids is 1. The molecule has 0 radical (unpaired) electrons. The molecule has 0 amide bonds. The molecule has 0 aromatic rings. The first-order chi connectivity index (χ1) is 6.22. The molecule has 0 aliphatic heterocycles. The van der Waals surface area contributed by atoms with E-state index in [2.05, 4.69) is 0 Å². The fraction of sp³-hybridized carbons (Fsp3) is 0.900. The maximum Gasteiger partial charge on any atom is 0.321 e. The average Bonchev–Trinajstić information content (AvgIpc) is 2.17. The van der Waals surface area contributed by atoms with Crippen molar-refractivity contribution < 1.29 is 9.90 Å². The van der Waals surface area contributed by atoms with Gasteiger partial charge >= 0.3 is 5.97 Å². The molecule has 6 fully saturated rings. The molecule has 6 aliphatic rings. The molecule has 14 heavy (non-hydrogen) atoms. The Morgan fingerprint density at radius 3 is 1.93 bits per heavy atom. The fourth-order valence-electron chi connectivity index (χ4n) is 6.36. The predicted octanol–water partition coefficient (Wildman–Crippen LogP) is 0.188. The van der Waals surface area contributed by atoms with Crippen LogP contribution in [0.4, 0.5) is 0 Å². The predicted molar refractivity (Wildman–Crippen MR) is 49.7 cm³/mol. The van der Waals surface area contributed by atoms with E-state index < -0.39 is 12.0 Å². The molecule has 6 saturated carbocycles. The molecule has 0 aromatic carbocycles. The summed E-state index contributed by atoms with van der Waals surface area (Å²) in [7, 11) is 0. The van der Waals surface area contributed by atoms with Gasteiger partial charge in [-0.3, -0.25) is 4.79 Å². The van der Waals surface area contributed by atoms with Gasteiger partial charge in [-0.25, -0.2) is 0 Å². The zero-order chi connectivity index (χ0) is 8.70. The van der Waals surface area contributed by atoms with Gasteiger partial charge in [0.1, 0.15) is 6.04 Å². The monoisotopic (exact) mass is 213 g/mol. The molecule has 4 heteroatoms. The summed E-state index contributed by atoms with van der Waals surface area (Å²) in [6.07, 6.45) is 0. The third kappa shape index (κ3) is 0.332. The Bertz CT molecular complexity index is 332. The second-order valence-electron chi connectivity index (χ2n) is 5.70. The molecule has 0 unspecified atom stereocenters. The van der Waals surface area contributed by atoms with Crippen LogP contribution in [0.1, 0.15) is 0 Å². The Morgan fingerprint density at radius 2 is 1.57 bits per heavy atom. The Labute approximate surface area is 87.4 Å². The summed E-state index contributed by atoms with van der Waals surface area (Å²) in [4.78, 5) is 10.9. The van der Waals surface area contributed by atoms with E-state index in [1.165, 1.54) is 0 Å². The van der Waals surface area contributed by atoms with Crippen molar-refractivity contribution in [1.29, 1.82) is 0 Å². The lowest BCUT2D eigenvalue weighted by atomic mass is 8.96. The van der Waals surface area contributed by atoms with Crippen molar-refractivity contribution >= 4 is 18.4 Å². The third-order valence-corrected chi connectivity index (χ3v) is 6.36. The van der Waals surface area contributed by atoms with Gasteiger partial charge in [-0.15, -0.1) is 12.4 Å². The van der Waals surface area contributed by atoms with Crippen LogP contribution in [0, 0.1) is 46.8 Å². The van der Waals surface area contributed by atoms with Gasteiger partial charge in [0.15, 0.2) is 0 Å². The molecule has 0 heterocycles. The highest BCUT2D eigenvalue weighted by Gasteiger charge is 3.05. The van der Waals surface area contributed by atoms with Gasteiger partial charge in [-0.05, 0) is 41.4 Å². The van der Waals surface area contributed by atoms with E-state index in [0.29, 0.717) is 0 Å². The minimum atomic E-state index is -0.768. The average molecular weight is 214 g/mol. The van der Waals surface area contributed by atoms with Gasteiger partial charge in [0.2, 0.25) is 0 Å². The fourth-order valence-corrected chi connectivity index (χ4v) is 6.36. The molecule has 1 atom stereocenters. The smallest absolute Gasteiger partial charge is 0.321 e. The summed E-state index contributed by atoms with van der Waals surface area (Å²) in [6.45, 7) is 0. The molecular formula is C10H12ClNO2. The maximum absolute atomic E-state index is 10.9. The van der Waals surface area contributed by atoms with Crippen molar-refractivity contribution in [3.8, 4) is 0 Å². The van der Waals surface area contributed by atoms with Crippen LogP contribution in [0.2, 0.25) is 0 Å². The van der Waals surface area contributed by atoms with Crippen molar-refractivity contribution in [2.24, 2.45) is 52.6 Å². The van der Waals surface area contributed by atoms with E-state index in [-0.39, 0.29) is 17.8 Å². The van der Waals surface area contributed by atoms with Crippen molar-refractivity contribution in [2.75, 3.05) is 0 Å². The van der Waals surface area contributed by atoms with E-state index in [1.807, 2.05) is 0 Å². The standard InChI is InChI=1S/C10H11NO2.ClH/c11-8(9(12)13)10-5-2-1-3(5)7(10)4(1)6(2)10;/h1-8H,11H2,(H,12,13);1H/t1?,2?,3?,4?,5?,6?,7?,8-,10?;/m0./s1. The summed E-state index contributed by atoms with van der Waals surface area (Å²) in [5.41, 5.74) is 5.94. The first kappa shape index (κ1) is 7.94. The first-order valence-electron chi connectivity index (χ1n) is 5.20. The van der Waals surface area contributed by atoms with E-state index in [4.69, 9.17) is 10.8 Å². The highest BCUT2D eigenvalue weighted by molar-refractivity contribution is 5.85. The Morgan fingerprint density at radius 1 is 1.14 bits per heavy atom. The van der Waals surface area contributed by atoms with Crippen LogP contribution < -0.4 is 5.73 Å². The van der Waals surface area contributed by atoms with E-state index in [9.17, 15) is 4.79 Å². The number of nitrogens with two attached hydrogens (primary N) is 1. The lowest BCUT2D eigenvalue weighted by molar-refractivity contribution is -0.616. The summed E-state index contributed by atoms with van der Waals surface area (Å²) in [5, 5.41) is 8.96. The quantitative estimate of drug-likeness (QED) is 0.688.